The quantitative estimate of drug-likeness (QED) is 0.495. The molecule has 1 aromatic heterocycles. The molecule has 0 amide bonds. The number of aryl methyl sites for hydroxylation is 2. The molecule has 3 rings (SSSR count). The van der Waals surface area contributed by atoms with Crippen LogP contribution >= 0.6 is 11.6 Å². The molecule has 0 bridgehead atoms. The molecule has 3 aromatic rings. The Labute approximate surface area is 184 Å². The Hall–Kier alpha value is -2.97. The molecule has 0 aliphatic heterocycles. The summed E-state index contributed by atoms with van der Waals surface area (Å²) in [6, 6.07) is 10.7. The van der Waals surface area contributed by atoms with Crippen molar-refractivity contribution in [3.63, 3.8) is 0 Å². The van der Waals surface area contributed by atoms with E-state index in [0.717, 1.165) is 17.2 Å². The molecular formula is C22H20ClFN2O4S. The van der Waals surface area contributed by atoms with E-state index in [1.165, 1.54) is 18.3 Å². The van der Waals surface area contributed by atoms with Crippen molar-refractivity contribution in [3.05, 3.63) is 76.8 Å². The van der Waals surface area contributed by atoms with Crippen molar-refractivity contribution < 1.29 is 22.7 Å². The maximum absolute atomic E-state index is 14.8. The van der Waals surface area contributed by atoms with Crippen LogP contribution in [0.3, 0.4) is 0 Å². The van der Waals surface area contributed by atoms with Gasteiger partial charge in [-0.15, -0.1) is 0 Å². The number of nitrogens with one attached hydrogen (secondary N) is 1. The van der Waals surface area contributed by atoms with E-state index in [4.69, 9.17) is 16.7 Å². The molecule has 31 heavy (non-hydrogen) atoms. The summed E-state index contributed by atoms with van der Waals surface area (Å²) in [6.45, 7) is 1.87. The van der Waals surface area contributed by atoms with Crippen LogP contribution in [-0.2, 0) is 27.7 Å². The minimum Gasteiger partial charge on any atom is -0.481 e. The highest BCUT2D eigenvalue weighted by Gasteiger charge is 2.21. The Morgan fingerprint density at radius 1 is 1.13 bits per heavy atom. The fourth-order valence-electron chi connectivity index (χ4n) is 3.00. The molecule has 0 aliphatic carbocycles. The summed E-state index contributed by atoms with van der Waals surface area (Å²) in [5.41, 5.74) is 2.08. The number of rotatable bonds is 8. The molecule has 162 valence electrons. The molecule has 0 atom stereocenters. The molecule has 0 unspecified atom stereocenters. The van der Waals surface area contributed by atoms with Crippen molar-refractivity contribution in [1.29, 1.82) is 0 Å². The summed E-state index contributed by atoms with van der Waals surface area (Å²) in [6.07, 6.45) is 3.71. The highest BCUT2D eigenvalue weighted by molar-refractivity contribution is 7.92. The number of carbonyl (C=O) groups is 1. The lowest BCUT2D eigenvalue weighted by atomic mass is 10.0. The molecule has 9 heteroatoms. The van der Waals surface area contributed by atoms with Gasteiger partial charge in [-0.3, -0.25) is 14.5 Å². The van der Waals surface area contributed by atoms with Gasteiger partial charge in [0.25, 0.3) is 10.0 Å². The zero-order valence-electron chi connectivity index (χ0n) is 16.6. The Balaban J connectivity index is 1.99. The van der Waals surface area contributed by atoms with E-state index in [0.29, 0.717) is 18.4 Å². The van der Waals surface area contributed by atoms with E-state index in [-0.39, 0.29) is 27.6 Å². The van der Waals surface area contributed by atoms with Gasteiger partial charge in [-0.1, -0.05) is 42.8 Å². The zero-order valence-corrected chi connectivity index (χ0v) is 18.2. The van der Waals surface area contributed by atoms with Gasteiger partial charge in [-0.2, -0.15) is 0 Å². The molecule has 1 heterocycles. The lowest BCUT2D eigenvalue weighted by Crippen LogP contribution is -2.15. The lowest BCUT2D eigenvalue weighted by Gasteiger charge is -2.15. The van der Waals surface area contributed by atoms with Crippen LogP contribution in [0.2, 0.25) is 5.02 Å². The first-order chi connectivity index (χ1) is 14.7. The standard InChI is InChI=1S/C22H20ClFN2O4S/c1-2-14-9-18(13-25-12-14)31(29,30)26-22-19(10-17(23)11-20(22)24)16-6-3-15(4-7-16)5-8-21(27)28/h3-4,6-7,9-13,26H,2,5,8H2,1H3,(H,27,28). The van der Waals surface area contributed by atoms with Gasteiger partial charge in [-0.25, -0.2) is 12.8 Å². The number of sulfonamides is 1. The van der Waals surface area contributed by atoms with Gasteiger partial charge in [0.05, 0.1) is 5.69 Å². The number of aliphatic carboxylic acids is 1. The summed E-state index contributed by atoms with van der Waals surface area (Å²) in [5, 5.41) is 8.93. The second-order valence-corrected chi connectivity index (χ2v) is 9.01. The van der Waals surface area contributed by atoms with E-state index < -0.39 is 21.8 Å². The zero-order chi connectivity index (χ0) is 22.6. The van der Waals surface area contributed by atoms with Crippen LogP contribution in [0.15, 0.2) is 59.8 Å². The summed E-state index contributed by atoms with van der Waals surface area (Å²) in [4.78, 5) is 14.6. The topological polar surface area (TPSA) is 96.4 Å². The van der Waals surface area contributed by atoms with Crippen LogP contribution in [0.1, 0.15) is 24.5 Å². The second-order valence-electron chi connectivity index (χ2n) is 6.89. The van der Waals surface area contributed by atoms with Crippen molar-refractivity contribution >= 4 is 33.3 Å². The van der Waals surface area contributed by atoms with Gasteiger partial charge in [-0.05, 0) is 47.7 Å². The van der Waals surface area contributed by atoms with E-state index in [1.54, 1.807) is 30.5 Å². The predicted octanol–water partition coefficient (Wildman–Crippen LogP) is 4.92. The molecule has 0 spiro atoms. The number of hydrogen-bond acceptors (Lipinski definition) is 4. The lowest BCUT2D eigenvalue weighted by molar-refractivity contribution is -0.136. The monoisotopic (exact) mass is 462 g/mol. The van der Waals surface area contributed by atoms with Crippen LogP contribution < -0.4 is 4.72 Å². The van der Waals surface area contributed by atoms with Gasteiger partial charge < -0.3 is 5.11 Å². The largest absolute Gasteiger partial charge is 0.481 e. The van der Waals surface area contributed by atoms with Crippen molar-refractivity contribution in [2.24, 2.45) is 0 Å². The van der Waals surface area contributed by atoms with Gasteiger partial charge in [0.15, 0.2) is 0 Å². The van der Waals surface area contributed by atoms with Gasteiger partial charge in [0.1, 0.15) is 10.7 Å². The number of anilines is 1. The second kappa shape index (κ2) is 9.45. The first kappa shape index (κ1) is 22.7. The third-order valence-electron chi connectivity index (χ3n) is 4.67. The summed E-state index contributed by atoms with van der Waals surface area (Å²) in [7, 11) is -4.10. The summed E-state index contributed by atoms with van der Waals surface area (Å²) in [5.74, 6) is -1.72. The van der Waals surface area contributed by atoms with E-state index in [2.05, 4.69) is 9.71 Å². The molecule has 0 aliphatic rings. The number of carboxylic acids is 1. The Morgan fingerprint density at radius 2 is 1.84 bits per heavy atom. The predicted molar refractivity (Wildman–Crippen MR) is 117 cm³/mol. The normalized spacial score (nSPS) is 11.3. The van der Waals surface area contributed by atoms with Crippen LogP contribution in [0.25, 0.3) is 11.1 Å². The van der Waals surface area contributed by atoms with Crippen molar-refractivity contribution in [1.82, 2.24) is 4.98 Å². The molecule has 0 fully saturated rings. The van der Waals surface area contributed by atoms with Crippen LogP contribution in [0.5, 0.6) is 0 Å². The Kier molecular flexibility index (Phi) is 6.92. The molecular weight excluding hydrogens is 443 g/mol. The number of hydrogen-bond donors (Lipinski definition) is 2. The minimum absolute atomic E-state index is 0.0128. The Morgan fingerprint density at radius 3 is 2.48 bits per heavy atom. The molecule has 6 nitrogen and oxygen atoms in total. The maximum Gasteiger partial charge on any atom is 0.303 e. The SMILES string of the molecule is CCc1cncc(S(=O)(=O)Nc2c(F)cc(Cl)cc2-c2ccc(CCC(=O)O)cc2)c1. The number of carboxylic acid groups (broad SMARTS) is 1. The fourth-order valence-corrected chi connectivity index (χ4v) is 4.31. The number of benzene rings is 2. The van der Waals surface area contributed by atoms with E-state index in [9.17, 15) is 17.6 Å². The van der Waals surface area contributed by atoms with E-state index >= 15 is 0 Å². The molecule has 2 aromatic carbocycles. The first-order valence-corrected chi connectivity index (χ1v) is 11.3. The van der Waals surface area contributed by atoms with Crippen LogP contribution in [0, 0.1) is 5.82 Å². The van der Waals surface area contributed by atoms with E-state index in [1.807, 2.05) is 6.92 Å². The number of pyridine rings is 1. The number of nitrogens with zero attached hydrogens (tertiary/aromatic N) is 1. The molecule has 0 radical (unpaired) electrons. The summed E-state index contributed by atoms with van der Waals surface area (Å²) >= 11 is 6.02. The molecule has 0 saturated carbocycles. The fraction of sp³-hybridized carbons (Fsp3) is 0.182. The average Bonchev–Trinajstić information content (AvgIpc) is 2.74. The average molecular weight is 463 g/mol. The molecule has 0 saturated heterocycles. The number of aromatic nitrogens is 1. The van der Waals surface area contributed by atoms with Crippen LogP contribution in [-0.4, -0.2) is 24.5 Å². The van der Waals surface area contributed by atoms with Crippen LogP contribution in [0.4, 0.5) is 10.1 Å². The smallest absolute Gasteiger partial charge is 0.303 e. The highest BCUT2D eigenvalue weighted by atomic mass is 35.5. The summed E-state index contributed by atoms with van der Waals surface area (Å²) < 4.78 is 42.9. The van der Waals surface area contributed by atoms with Crippen molar-refractivity contribution in [2.75, 3.05) is 4.72 Å². The van der Waals surface area contributed by atoms with Gasteiger partial charge >= 0.3 is 5.97 Å². The maximum atomic E-state index is 14.8. The number of halogens is 2. The third-order valence-corrected chi connectivity index (χ3v) is 6.21. The highest BCUT2D eigenvalue weighted by Crippen LogP contribution is 2.35. The third kappa shape index (κ3) is 5.59. The minimum atomic E-state index is -4.10. The van der Waals surface area contributed by atoms with Crippen molar-refractivity contribution in [2.45, 2.75) is 31.1 Å². The van der Waals surface area contributed by atoms with Gasteiger partial charge in [0.2, 0.25) is 0 Å². The van der Waals surface area contributed by atoms with Crippen molar-refractivity contribution in [3.8, 4) is 11.1 Å². The Bertz CT molecular complexity index is 1210. The first-order valence-electron chi connectivity index (χ1n) is 9.46. The molecule has 2 N–H and O–H groups in total. The van der Waals surface area contributed by atoms with Gasteiger partial charge in [0, 0.05) is 29.4 Å².